The molecule has 1 aromatic carbocycles. The van der Waals surface area contributed by atoms with Crippen molar-refractivity contribution in [3.05, 3.63) is 35.9 Å². The van der Waals surface area contributed by atoms with Gasteiger partial charge in [0.15, 0.2) is 0 Å². The van der Waals surface area contributed by atoms with Crippen LogP contribution in [0.4, 0.5) is 0 Å². The maximum Gasteiger partial charge on any atom is 0.282 e. The second-order valence-electron chi connectivity index (χ2n) is 5.63. The Morgan fingerprint density at radius 1 is 1.24 bits per heavy atom. The summed E-state index contributed by atoms with van der Waals surface area (Å²) in [6, 6.07) is 9.49. The highest BCUT2D eigenvalue weighted by atomic mass is 32.2. The predicted molar refractivity (Wildman–Crippen MR) is 82.8 cm³/mol. The topological polar surface area (TPSA) is 60.9 Å². The molecule has 1 aliphatic heterocycles. The van der Waals surface area contributed by atoms with Crippen molar-refractivity contribution in [1.29, 1.82) is 0 Å². The summed E-state index contributed by atoms with van der Waals surface area (Å²) in [5.41, 5.74) is 0.930. The highest BCUT2D eigenvalue weighted by Gasteiger charge is 2.31. The molecule has 0 saturated carbocycles. The molecule has 1 aliphatic rings. The molecule has 0 spiro atoms. The molecule has 0 atom stereocenters. The first-order valence-electron chi connectivity index (χ1n) is 7.44. The van der Waals surface area contributed by atoms with Crippen LogP contribution in [0.5, 0.6) is 0 Å². The van der Waals surface area contributed by atoms with E-state index >= 15 is 0 Å². The zero-order valence-corrected chi connectivity index (χ0v) is 13.3. The minimum atomic E-state index is -3.50. The molecular formula is C15H24N2O3S. The number of aliphatic hydroxyl groups is 1. The van der Waals surface area contributed by atoms with Crippen LogP contribution in [0.15, 0.2) is 30.3 Å². The van der Waals surface area contributed by atoms with Gasteiger partial charge in [-0.15, -0.1) is 0 Å². The van der Waals surface area contributed by atoms with Gasteiger partial charge in [-0.2, -0.15) is 17.0 Å². The van der Waals surface area contributed by atoms with Crippen molar-refractivity contribution in [2.75, 3.05) is 26.2 Å². The van der Waals surface area contributed by atoms with Crippen molar-refractivity contribution in [1.82, 2.24) is 8.61 Å². The van der Waals surface area contributed by atoms with Crippen LogP contribution in [0.3, 0.4) is 0 Å². The van der Waals surface area contributed by atoms with Gasteiger partial charge >= 0.3 is 0 Å². The van der Waals surface area contributed by atoms with Crippen molar-refractivity contribution >= 4 is 10.2 Å². The van der Waals surface area contributed by atoms with Crippen molar-refractivity contribution in [3.8, 4) is 0 Å². The third-order valence-corrected chi connectivity index (χ3v) is 5.93. The fraction of sp³-hybridized carbons (Fsp3) is 0.600. The van der Waals surface area contributed by atoms with E-state index in [2.05, 4.69) is 6.92 Å². The van der Waals surface area contributed by atoms with Crippen LogP contribution in [-0.2, 0) is 16.8 Å². The highest BCUT2D eigenvalue weighted by molar-refractivity contribution is 7.86. The fourth-order valence-electron chi connectivity index (χ4n) is 2.55. The maximum absolute atomic E-state index is 12.7. The SMILES string of the molecule is CC1CCN(S(=O)(=O)N(CCO)Cc2ccccc2)CC1. The Morgan fingerprint density at radius 2 is 1.86 bits per heavy atom. The Labute approximate surface area is 127 Å². The second-order valence-corrected chi connectivity index (χ2v) is 7.56. The number of hydrogen-bond acceptors (Lipinski definition) is 3. The van der Waals surface area contributed by atoms with Crippen LogP contribution in [0.25, 0.3) is 0 Å². The number of nitrogens with zero attached hydrogens (tertiary/aromatic N) is 2. The molecule has 21 heavy (non-hydrogen) atoms. The zero-order valence-electron chi connectivity index (χ0n) is 12.5. The summed E-state index contributed by atoms with van der Waals surface area (Å²) in [6.07, 6.45) is 1.80. The van der Waals surface area contributed by atoms with Gasteiger partial charge in [0, 0.05) is 26.2 Å². The first-order valence-corrected chi connectivity index (χ1v) is 8.83. The first kappa shape index (κ1) is 16.4. The number of benzene rings is 1. The third-order valence-electron chi connectivity index (χ3n) is 3.95. The normalized spacial score (nSPS) is 18.2. The lowest BCUT2D eigenvalue weighted by atomic mass is 10.0. The average Bonchev–Trinajstić information content (AvgIpc) is 2.48. The van der Waals surface area contributed by atoms with Crippen molar-refractivity contribution in [3.63, 3.8) is 0 Å². The van der Waals surface area contributed by atoms with E-state index in [0.717, 1.165) is 18.4 Å². The summed E-state index contributed by atoms with van der Waals surface area (Å²) in [6.45, 7) is 3.55. The summed E-state index contributed by atoms with van der Waals surface area (Å²) < 4.78 is 28.4. The van der Waals surface area contributed by atoms with E-state index in [0.29, 0.717) is 25.6 Å². The van der Waals surface area contributed by atoms with E-state index < -0.39 is 10.2 Å². The molecule has 0 aromatic heterocycles. The summed E-state index contributed by atoms with van der Waals surface area (Å²) in [5, 5.41) is 9.19. The Balaban J connectivity index is 2.12. The molecule has 0 unspecified atom stereocenters. The summed E-state index contributed by atoms with van der Waals surface area (Å²) in [4.78, 5) is 0. The lowest BCUT2D eigenvalue weighted by Crippen LogP contribution is -2.47. The Hall–Kier alpha value is -0.950. The van der Waals surface area contributed by atoms with Crippen LogP contribution in [0.1, 0.15) is 25.3 Å². The zero-order chi connectivity index (χ0) is 15.3. The number of rotatable bonds is 6. The van der Waals surface area contributed by atoms with E-state index in [1.165, 1.54) is 4.31 Å². The number of aliphatic hydroxyl groups excluding tert-OH is 1. The molecule has 0 aliphatic carbocycles. The van der Waals surface area contributed by atoms with Gasteiger partial charge in [-0.25, -0.2) is 0 Å². The first-order chi connectivity index (χ1) is 10.0. The number of hydrogen-bond donors (Lipinski definition) is 1. The smallest absolute Gasteiger partial charge is 0.282 e. The largest absolute Gasteiger partial charge is 0.395 e. The molecule has 0 radical (unpaired) electrons. The Kier molecular flexibility index (Phi) is 5.75. The predicted octanol–water partition coefficient (Wildman–Crippen LogP) is 1.46. The van der Waals surface area contributed by atoms with Gasteiger partial charge < -0.3 is 5.11 Å². The van der Waals surface area contributed by atoms with Crippen LogP contribution in [-0.4, -0.2) is 48.4 Å². The molecule has 1 saturated heterocycles. The minimum Gasteiger partial charge on any atom is -0.395 e. The standard InChI is InChI=1S/C15H24N2O3S/c1-14-7-9-16(10-8-14)21(19,20)17(11-12-18)13-15-5-3-2-4-6-15/h2-6,14,18H,7-13H2,1H3. The van der Waals surface area contributed by atoms with Gasteiger partial charge in [-0.3, -0.25) is 0 Å². The fourth-order valence-corrected chi connectivity index (χ4v) is 4.18. The van der Waals surface area contributed by atoms with Gasteiger partial charge in [0.1, 0.15) is 0 Å². The second kappa shape index (κ2) is 7.35. The van der Waals surface area contributed by atoms with Crippen LogP contribution in [0, 0.1) is 5.92 Å². The van der Waals surface area contributed by atoms with E-state index in [1.807, 2.05) is 30.3 Å². The van der Waals surface area contributed by atoms with Crippen LogP contribution in [0.2, 0.25) is 0 Å². The van der Waals surface area contributed by atoms with Gasteiger partial charge in [-0.1, -0.05) is 37.3 Å². The Morgan fingerprint density at radius 3 is 2.43 bits per heavy atom. The van der Waals surface area contributed by atoms with E-state index in [4.69, 9.17) is 0 Å². The molecule has 1 N–H and O–H groups in total. The van der Waals surface area contributed by atoms with E-state index in [1.54, 1.807) is 4.31 Å². The van der Waals surface area contributed by atoms with Gasteiger partial charge in [0.2, 0.25) is 0 Å². The van der Waals surface area contributed by atoms with Crippen LogP contribution >= 0.6 is 0 Å². The highest BCUT2D eigenvalue weighted by Crippen LogP contribution is 2.21. The lowest BCUT2D eigenvalue weighted by Gasteiger charge is -2.33. The van der Waals surface area contributed by atoms with Gasteiger partial charge in [0.25, 0.3) is 10.2 Å². The van der Waals surface area contributed by atoms with Crippen molar-refractivity contribution in [2.45, 2.75) is 26.3 Å². The molecular weight excluding hydrogens is 288 g/mol. The Bertz CT molecular complexity index is 525. The molecule has 5 nitrogen and oxygen atoms in total. The quantitative estimate of drug-likeness (QED) is 0.865. The molecule has 2 rings (SSSR count). The summed E-state index contributed by atoms with van der Waals surface area (Å²) in [5.74, 6) is 0.580. The number of piperidine rings is 1. The summed E-state index contributed by atoms with van der Waals surface area (Å²) >= 11 is 0. The third kappa shape index (κ3) is 4.26. The molecule has 1 heterocycles. The molecule has 0 amide bonds. The van der Waals surface area contributed by atoms with Gasteiger partial charge in [-0.05, 0) is 24.3 Å². The molecule has 1 fully saturated rings. The molecule has 6 heteroatoms. The van der Waals surface area contributed by atoms with E-state index in [-0.39, 0.29) is 13.2 Å². The minimum absolute atomic E-state index is 0.128. The van der Waals surface area contributed by atoms with Crippen molar-refractivity contribution in [2.24, 2.45) is 5.92 Å². The monoisotopic (exact) mass is 312 g/mol. The van der Waals surface area contributed by atoms with Crippen molar-refractivity contribution < 1.29 is 13.5 Å². The molecule has 118 valence electrons. The maximum atomic E-state index is 12.7. The van der Waals surface area contributed by atoms with E-state index in [9.17, 15) is 13.5 Å². The molecule has 1 aromatic rings. The van der Waals surface area contributed by atoms with Crippen LogP contribution < -0.4 is 0 Å². The molecule has 0 bridgehead atoms. The average molecular weight is 312 g/mol. The van der Waals surface area contributed by atoms with Gasteiger partial charge in [0.05, 0.1) is 6.61 Å². The lowest BCUT2D eigenvalue weighted by molar-refractivity contribution is 0.227. The summed E-state index contributed by atoms with van der Waals surface area (Å²) in [7, 11) is -3.50.